The van der Waals surface area contributed by atoms with E-state index in [4.69, 9.17) is 0 Å². The zero-order chi connectivity index (χ0) is 19.9. The number of sulfonamides is 1. The average Bonchev–Trinajstić information content (AvgIpc) is 2.65. The van der Waals surface area contributed by atoms with Crippen molar-refractivity contribution in [3.63, 3.8) is 0 Å². The lowest BCUT2D eigenvalue weighted by molar-refractivity contribution is -0.111. The number of rotatable bonds is 9. The van der Waals surface area contributed by atoms with Crippen LogP contribution in [-0.2, 0) is 14.8 Å². The number of Topliss-reactive ketones (excluding diaryl/α,β-unsaturated/α-hetero) is 1. The molecule has 0 atom stereocenters. The Morgan fingerprint density at radius 3 is 2.26 bits per heavy atom. The molecular weight excluding hydrogens is 386 g/mol. The first kappa shape index (κ1) is 21.0. The topological polar surface area (TPSA) is 101 Å². The van der Waals surface area contributed by atoms with Crippen LogP contribution in [0.25, 0.3) is 0 Å². The number of phenolic OH excluding ortho intramolecular Hbond substituents is 1. The number of phenols is 1. The number of hydrogen-bond acceptors (Lipinski definition) is 6. The second-order valence-electron chi connectivity index (χ2n) is 5.86. The SMILES string of the molecule is CCCCC(=O)SCC(=O)c1ccc(NS(=O)(=O)c2ccc(O)cc2)cc1. The number of carbonyl (C=O) groups excluding carboxylic acids is 2. The van der Waals surface area contributed by atoms with E-state index in [1.54, 1.807) is 0 Å². The molecule has 0 bridgehead atoms. The van der Waals surface area contributed by atoms with Gasteiger partial charge in [-0.15, -0.1) is 0 Å². The Labute approximate surface area is 163 Å². The van der Waals surface area contributed by atoms with E-state index < -0.39 is 10.0 Å². The summed E-state index contributed by atoms with van der Waals surface area (Å²) in [5.74, 6) is -0.137. The first-order chi connectivity index (χ1) is 12.8. The molecule has 2 rings (SSSR count). The normalized spacial score (nSPS) is 11.1. The van der Waals surface area contributed by atoms with Gasteiger partial charge in [0.2, 0.25) is 0 Å². The summed E-state index contributed by atoms with van der Waals surface area (Å²) in [6.07, 6.45) is 2.21. The predicted molar refractivity (Wildman–Crippen MR) is 107 cm³/mol. The molecule has 8 heteroatoms. The number of hydrogen-bond donors (Lipinski definition) is 2. The lowest BCUT2D eigenvalue weighted by Crippen LogP contribution is -2.13. The van der Waals surface area contributed by atoms with Gasteiger partial charge in [0.25, 0.3) is 10.0 Å². The molecule has 2 N–H and O–H groups in total. The van der Waals surface area contributed by atoms with E-state index in [0.29, 0.717) is 17.7 Å². The second kappa shape index (κ2) is 9.57. The van der Waals surface area contributed by atoms with Crippen molar-refractivity contribution >= 4 is 38.4 Å². The summed E-state index contributed by atoms with van der Waals surface area (Å²) in [5.41, 5.74) is 0.727. The highest BCUT2D eigenvalue weighted by molar-refractivity contribution is 8.14. The molecular formula is C19H21NO5S2. The summed E-state index contributed by atoms with van der Waals surface area (Å²) in [7, 11) is -3.79. The van der Waals surface area contributed by atoms with Crippen molar-refractivity contribution < 1.29 is 23.1 Å². The number of ketones is 1. The van der Waals surface area contributed by atoms with Crippen LogP contribution in [0.15, 0.2) is 53.4 Å². The Morgan fingerprint density at radius 1 is 1.04 bits per heavy atom. The molecule has 0 aliphatic rings. The van der Waals surface area contributed by atoms with Crippen molar-refractivity contribution in [3.8, 4) is 5.75 Å². The molecule has 6 nitrogen and oxygen atoms in total. The highest BCUT2D eigenvalue weighted by Crippen LogP contribution is 2.20. The fourth-order valence-electron chi connectivity index (χ4n) is 2.19. The lowest BCUT2D eigenvalue weighted by Gasteiger charge is -2.09. The quantitative estimate of drug-likeness (QED) is 0.613. The molecule has 0 aliphatic heterocycles. The van der Waals surface area contributed by atoms with Crippen molar-refractivity contribution in [2.24, 2.45) is 0 Å². The van der Waals surface area contributed by atoms with E-state index in [0.717, 1.165) is 24.6 Å². The van der Waals surface area contributed by atoms with Gasteiger partial charge in [-0.3, -0.25) is 14.3 Å². The maximum atomic E-state index is 12.3. The summed E-state index contributed by atoms with van der Waals surface area (Å²) in [4.78, 5) is 23.8. The summed E-state index contributed by atoms with van der Waals surface area (Å²) in [6.45, 7) is 2.00. The highest BCUT2D eigenvalue weighted by Gasteiger charge is 2.15. The van der Waals surface area contributed by atoms with Gasteiger partial charge in [-0.25, -0.2) is 8.42 Å². The minimum absolute atomic E-state index is 0.00322. The first-order valence-electron chi connectivity index (χ1n) is 8.42. The highest BCUT2D eigenvalue weighted by atomic mass is 32.2. The van der Waals surface area contributed by atoms with Gasteiger partial charge in [-0.2, -0.15) is 0 Å². The number of nitrogens with one attached hydrogen (secondary N) is 1. The van der Waals surface area contributed by atoms with Gasteiger partial charge in [0.1, 0.15) is 5.75 Å². The van der Waals surface area contributed by atoms with Crippen molar-refractivity contribution in [2.45, 2.75) is 31.1 Å². The van der Waals surface area contributed by atoms with E-state index in [-0.39, 0.29) is 27.3 Å². The summed E-state index contributed by atoms with van der Waals surface area (Å²) < 4.78 is 27.0. The molecule has 0 aliphatic carbocycles. The summed E-state index contributed by atoms with van der Waals surface area (Å²) in [5, 5.41) is 9.25. The number of anilines is 1. The van der Waals surface area contributed by atoms with Crippen LogP contribution in [0.4, 0.5) is 5.69 Å². The molecule has 2 aromatic rings. The molecule has 144 valence electrons. The molecule has 0 saturated carbocycles. The van der Waals surface area contributed by atoms with Crippen LogP contribution in [0.3, 0.4) is 0 Å². The smallest absolute Gasteiger partial charge is 0.261 e. The monoisotopic (exact) mass is 407 g/mol. The van der Waals surface area contributed by atoms with Gasteiger partial charge >= 0.3 is 0 Å². The van der Waals surface area contributed by atoms with Gasteiger partial charge in [0.05, 0.1) is 10.6 Å². The van der Waals surface area contributed by atoms with E-state index in [2.05, 4.69) is 4.72 Å². The maximum Gasteiger partial charge on any atom is 0.261 e. The van der Waals surface area contributed by atoms with Crippen molar-refractivity contribution in [1.82, 2.24) is 0 Å². The molecule has 0 unspecified atom stereocenters. The minimum atomic E-state index is -3.79. The molecule has 0 fully saturated rings. The van der Waals surface area contributed by atoms with E-state index in [1.165, 1.54) is 48.5 Å². The molecule has 0 aromatic heterocycles. The fraction of sp³-hybridized carbons (Fsp3) is 0.263. The van der Waals surface area contributed by atoms with Crippen LogP contribution in [0, 0.1) is 0 Å². The van der Waals surface area contributed by atoms with Crippen molar-refractivity contribution in [3.05, 3.63) is 54.1 Å². The molecule has 27 heavy (non-hydrogen) atoms. The standard InChI is InChI=1S/C19H21NO5S2/c1-2-3-4-19(23)26-13-18(22)14-5-7-15(8-6-14)20-27(24,25)17-11-9-16(21)10-12-17/h5-12,20-21H,2-4,13H2,1H3. The van der Waals surface area contributed by atoms with Gasteiger partial charge in [-0.05, 0) is 55.0 Å². The molecule has 2 aromatic carbocycles. The first-order valence-corrected chi connectivity index (χ1v) is 10.9. The second-order valence-corrected chi connectivity index (χ2v) is 8.58. The predicted octanol–water partition coefficient (Wildman–Crippen LogP) is 3.83. The van der Waals surface area contributed by atoms with E-state index >= 15 is 0 Å². The minimum Gasteiger partial charge on any atom is -0.508 e. The Kier molecular flexibility index (Phi) is 7.44. The number of benzene rings is 2. The summed E-state index contributed by atoms with van der Waals surface area (Å²) >= 11 is 1.01. The number of thioether (sulfide) groups is 1. The molecule has 0 radical (unpaired) electrons. The number of aromatic hydroxyl groups is 1. The maximum absolute atomic E-state index is 12.3. The van der Waals surface area contributed by atoms with Gasteiger partial charge < -0.3 is 5.11 Å². The van der Waals surface area contributed by atoms with Crippen molar-refractivity contribution in [1.29, 1.82) is 0 Å². The van der Waals surface area contributed by atoms with Gasteiger partial charge in [0.15, 0.2) is 10.9 Å². The average molecular weight is 408 g/mol. The summed E-state index contributed by atoms with van der Waals surface area (Å²) in [6, 6.07) is 11.2. The largest absolute Gasteiger partial charge is 0.508 e. The Bertz CT molecular complexity index is 891. The molecule has 0 amide bonds. The Morgan fingerprint density at radius 2 is 1.67 bits per heavy atom. The Balaban J connectivity index is 1.97. The van der Waals surface area contributed by atoms with Crippen LogP contribution in [0.1, 0.15) is 36.5 Å². The third kappa shape index (κ3) is 6.41. The van der Waals surface area contributed by atoms with E-state index in [1.807, 2.05) is 6.92 Å². The fourth-order valence-corrected chi connectivity index (χ4v) is 3.99. The van der Waals surface area contributed by atoms with Crippen molar-refractivity contribution in [2.75, 3.05) is 10.5 Å². The third-order valence-corrected chi connectivity index (χ3v) is 6.03. The number of unbranched alkanes of at least 4 members (excludes halogenated alkanes) is 1. The van der Waals surface area contributed by atoms with Crippen LogP contribution in [-0.4, -0.2) is 30.2 Å². The zero-order valence-corrected chi connectivity index (χ0v) is 16.5. The molecule has 0 saturated heterocycles. The molecule has 0 spiro atoms. The molecule has 0 heterocycles. The van der Waals surface area contributed by atoms with Crippen LogP contribution in [0.2, 0.25) is 0 Å². The number of carbonyl (C=O) groups is 2. The van der Waals surface area contributed by atoms with Gasteiger partial charge in [0, 0.05) is 17.7 Å². The van der Waals surface area contributed by atoms with Crippen LogP contribution < -0.4 is 4.72 Å². The Hall–Kier alpha value is -2.32. The lowest BCUT2D eigenvalue weighted by atomic mass is 10.1. The van der Waals surface area contributed by atoms with Gasteiger partial charge in [-0.1, -0.05) is 25.1 Å². The zero-order valence-electron chi connectivity index (χ0n) is 14.8. The van der Waals surface area contributed by atoms with Crippen LogP contribution in [0.5, 0.6) is 5.75 Å². The van der Waals surface area contributed by atoms with Crippen LogP contribution >= 0.6 is 11.8 Å². The third-order valence-electron chi connectivity index (χ3n) is 3.70. The van der Waals surface area contributed by atoms with E-state index in [9.17, 15) is 23.1 Å².